The summed E-state index contributed by atoms with van der Waals surface area (Å²) in [6, 6.07) is 5.57. The smallest absolute Gasteiger partial charge is 0.244 e. The fourth-order valence-electron chi connectivity index (χ4n) is 1.57. The van der Waals surface area contributed by atoms with Crippen LogP contribution in [-0.2, 0) is 9.53 Å². The summed E-state index contributed by atoms with van der Waals surface area (Å²) < 4.78 is 10.5. The maximum atomic E-state index is 11.6. The van der Waals surface area contributed by atoms with Gasteiger partial charge in [0.15, 0.2) is 0 Å². The first kappa shape index (κ1) is 13.6. The van der Waals surface area contributed by atoms with Crippen LogP contribution in [0.2, 0.25) is 0 Å². The third-order valence-electron chi connectivity index (χ3n) is 2.58. The number of rotatable bonds is 6. The van der Waals surface area contributed by atoms with Crippen molar-refractivity contribution in [1.82, 2.24) is 5.32 Å². The molecule has 5 heteroatoms. The Morgan fingerprint density at radius 2 is 2.47 bits per heavy atom. The zero-order valence-electron chi connectivity index (χ0n) is 10.5. The minimum absolute atomic E-state index is 0.153. The van der Waals surface area contributed by atoms with E-state index in [1.165, 1.54) is 6.08 Å². The van der Waals surface area contributed by atoms with Gasteiger partial charge in [0.1, 0.15) is 11.9 Å². The van der Waals surface area contributed by atoms with Crippen molar-refractivity contribution in [3.05, 3.63) is 52.6 Å². The van der Waals surface area contributed by atoms with E-state index in [9.17, 15) is 4.79 Å². The molecule has 1 atom stereocenters. The van der Waals surface area contributed by atoms with Gasteiger partial charge >= 0.3 is 0 Å². The Hall–Kier alpha value is -1.85. The zero-order valence-corrected chi connectivity index (χ0v) is 11.4. The fraction of sp³-hybridized carbons (Fsp3) is 0.214. The summed E-state index contributed by atoms with van der Waals surface area (Å²) in [4.78, 5) is 11.6. The molecule has 1 N–H and O–H groups in total. The highest BCUT2D eigenvalue weighted by molar-refractivity contribution is 7.08. The normalized spacial score (nSPS) is 12.7. The lowest BCUT2D eigenvalue weighted by Crippen LogP contribution is -2.27. The Morgan fingerprint density at radius 3 is 3.11 bits per heavy atom. The number of hydrogen-bond acceptors (Lipinski definition) is 4. The Morgan fingerprint density at radius 1 is 1.58 bits per heavy atom. The van der Waals surface area contributed by atoms with E-state index in [2.05, 4.69) is 5.32 Å². The Balaban J connectivity index is 1.82. The first-order valence-corrected chi connectivity index (χ1v) is 6.78. The van der Waals surface area contributed by atoms with E-state index in [4.69, 9.17) is 9.15 Å². The van der Waals surface area contributed by atoms with Crippen LogP contribution in [0, 0.1) is 0 Å². The summed E-state index contributed by atoms with van der Waals surface area (Å²) in [5, 5.41) is 6.72. The molecule has 0 unspecified atom stereocenters. The highest BCUT2D eigenvalue weighted by Crippen LogP contribution is 2.15. The van der Waals surface area contributed by atoms with Crippen molar-refractivity contribution in [3.63, 3.8) is 0 Å². The molecule has 2 aromatic heterocycles. The number of hydrogen-bond donors (Lipinski definition) is 1. The molecule has 2 aromatic rings. The second kappa shape index (κ2) is 6.92. The molecule has 0 aromatic carbocycles. The minimum atomic E-state index is -0.270. The van der Waals surface area contributed by atoms with Gasteiger partial charge in [-0.1, -0.05) is 0 Å². The Kier molecular flexibility index (Phi) is 4.94. The van der Waals surface area contributed by atoms with E-state index < -0.39 is 0 Å². The van der Waals surface area contributed by atoms with E-state index in [-0.39, 0.29) is 12.0 Å². The molecule has 0 aliphatic heterocycles. The molecule has 2 rings (SSSR count). The lowest BCUT2D eigenvalue weighted by molar-refractivity contribution is -0.117. The van der Waals surface area contributed by atoms with Crippen LogP contribution < -0.4 is 5.32 Å². The summed E-state index contributed by atoms with van der Waals surface area (Å²) >= 11 is 1.60. The number of carbonyl (C=O) groups excluding carboxylic acids is 1. The number of carbonyl (C=O) groups is 1. The van der Waals surface area contributed by atoms with Crippen molar-refractivity contribution in [2.24, 2.45) is 0 Å². The third-order valence-corrected chi connectivity index (χ3v) is 3.28. The average molecular weight is 277 g/mol. The lowest BCUT2D eigenvalue weighted by Gasteiger charge is -2.12. The van der Waals surface area contributed by atoms with Gasteiger partial charge in [-0.3, -0.25) is 4.79 Å². The highest BCUT2D eigenvalue weighted by atomic mass is 32.1. The van der Waals surface area contributed by atoms with Crippen molar-refractivity contribution >= 4 is 23.3 Å². The van der Waals surface area contributed by atoms with Gasteiger partial charge in [0, 0.05) is 13.2 Å². The molecule has 0 fully saturated rings. The Bertz CT molecular complexity index is 517. The summed E-state index contributed by atoms with van der Waals surface area (Å²) in [6.45, 7) is 0.372. The molecule has 0 aliphatic rings. The monoisotopic (exact) mass is 277 g/mol. The third kappa shape index (κ3) is 4.08. The van der Waals surface area contributed by atoms with Crippen LogP contribution in [-0.4, -0.2) is 19.6 Å². The molecule has 0 radical (unpaired) electrons. The first-order chi connectivity index (χ1) is 9.29. The number of methoxy groups -OCH3 is 1. The van der Waals surface area contributed by atoms with Crippen LogP contribution in [0.4, 0.5) is 0 Å². The number of nitrogens with one attached hydrogen (secondary N) is 1. The van der Waals surface area contributed by atoms with Gasteiger partial charge < -0.3 is 14.5 Å². The summed E-state index contributed by atoms with van der Waals surface area (Å²) in [5.41, 5.74) is 1.02. The van der Waals surface area contributed by atoms with Crippen molar-refractivity contribution < 1.29 is 13.9 Å². The van der Waals surface area contributed by atoms with Gasteiger partial charge in [0.25, 0.3) is 0 Å². The molecule has 19 heavy (non-hydrogen) atoms. The first-order valence-electron chi connectivity index (χ1n) is 5.84. The van der Waals surface area contributed by atoms with E-state index in [0.717, 1.165) is 5.56 Å². The van der Waals surface area contributed by atoms with Crippen LogP contribution in [0.25, 0.3) is 6.08 Å². The predicted octanol–water partition coefficient (Wildman–Crippen LogP) is 2.86. The zero-order chi connectivity index (χ0) is 13.5. The molecular formula is C14H15NO3S. The molecular weight excluding hydrogens is 262 g/mol. The summed E-state index contributed by atoms with van der Waals surface area (Å²) in [7, 11) is 1.58. The van der Waals surface area contributed by atoms with Gasteiger partial charge in [0.05, 0.1) is 12.8 Å². The quantitative estimate of drug-likeness (QED) is 0.826. The largest absolute Gasteiger partial charge is 0.467 e. The van der Waals surface area contributed by atoms with Crippen LogP contribution in [0.5, 0.6) is 0 Å². The van der Waals surface area contributed by atoms with Gasteiger partial charge in [-0.2, -0.15) is 11.3 Å². The van der Waals surface area contributed by atoms with Gasteiger partial charge in [-0.15, -0.1) is 0 Å². The van der Waals surface area contributed by atoms with Crippen LogP contribution >= 0.6 is 11.3 Å². The van der Waals surface area contributed by atoms with Crippen LogP contribution in [0.1, 0.15) is 17.4 Å². The lowest BCUT2D eigenvalue weighted by atomic mass is 10.2. The number of thiophene rings is 1. The van der Waals surface area contributed by atoms with E-state index in [1.54, 1.807) is 36.9 Å². The van der Waals surface area contributed by atoms with Gasteiger partial charge in [-0.05, 0) is 40.6 Å². The minimum Gasteiger partial charge on any atom is -0.467 e. The molecule has 0 saturated heterocycles. The molecule has 4 nitrogen and oxygen atoms in total. The van der Waals surface area contributed by atoms with E-state index in [1.807, 2.05) is 22.9 Å². The number of ether oxygens (including phenoxy) is 1. The van der Waals surface area contributed by atoms with Crippen molar-refractivity contribution in [2.45, 2.75) is 6.10 Å². The topological polar surface area (TPSA) is 51.5 Å². The molecule has 1 amide bonds. The van der Waals surface area contributed by atoms with E-state index in [0.29, 0.717) is 12.3 Å². The second-order valence-electron chi connectivity index (χ2n) is 3.87. The summed E-state index contributed by atoms with van der Waals surface area (Å²) in [6.07, 6.45) is 4.60. The molecule has 0 saturated carbocycles. The maximum absolute atomic E-state index is 11.6. The Labute approximate surface area is 115 Å². The van der Waals surface area contributed by atoms with Crippen molar-refractivity contribution in [2.75, 3.05) is 13.7 Å². The van der Waals surface area contributed by atoms with Gasteiger partial charge in [0.2, 0.25) is 5.91 Å². The van der Waals surface area contributed by atoms with Crippen LogP contribution in [0.15, 0.2) is 45.7 Å². The van der Waals surface area contributed by atoms with Crippen LogP contribution in [0.3, 0.4) is 0 Å². The molecule has 100 valence electrons. The average Bonchev–Trinajstić information content (AvgIpc) is 3.10. The molecule has 2 heterocycles. The molecule has 0 aliphatic carbocycles. The van der Waals surface area contributed by atoms with Crippen molar-refractivity contribution in [3.8, 4) is 0 Å². The number of amides is 1. The molecule has 0 spiro atoms. The van der Waals surface area contributed by atoms with Gasteiger partial charge in [-0.25, -0.2) is 0 Å². The van der Waals surface area contributed by atoms with Crippen molar-refractivity contribution in [1.29, 1.82) is 0 Å². The predicted molar refractivity (Wildman–Crippen MR) is 74.8 cm³/mol. The highest BCUT2D eigenvalue weighted by Gasteiger charge is 2.13. The fourth-order valence-corrected chi connectivity index (χ4v) is 2.20. The maximum Gasteiger partial charge on any atom is 0.244 e. The second-order valence-corrected chi connectivity index (χ2v) is 4.65. The SMILES string of the molecule is CO[C@@H](CNC(=O)/C=C/c1ccsc1)c1ccco1. The summed E-state index contributed by atoms with van der Waals surface area (Å²) in [5.74, 6) is 0.546. The standard InChI is InChI=1S/C14H15NO3S/c1-17-13(12-3-2-7-18-12)9-15-14(16)5-4-11-6-8-19-10-11/h2-8,10,13H,9H2,1H3,(H,15,16)/b5-4+/t13-/m0/s1. The number of furan rings is 1. The van der Waals surface area contributed by atoms with E-state index >= 15 is 0 Å². The molecule has 0 bridgehead atoms.